The molecule has 1 aliphatic carbocycles. The van der Waals surface area contributed by atoms with Gasteiger partial charge >= 0.3 is 11.9 Å². The third-order valence-corrected chi connectivity index (χ3v) is 4.66. The molecule has 0 N–H and O–H groups in total. The third-order valence-electron chi connectivity index (χ3n) is 4.66. The molecule has 0 unspecified atom stereocenters. The van der Waals surface area contributed by atoms with Crippen LogP contribution in [0.3, 0.4) is 0 Å². The zero-order chi connectivity index (χ0) is 18.6. The van der Waals surface area contributed by atoms with Gasteiger partial charge in [-0.3, -0.25) is 4.79 Å². The number of rotatable bonds is 3. The lowest BCUT2D eigenvalue weighted by atomic mass is 9.85. The second-order valence-corrected chi connectivity index (χ2v) is 6.49. The maximum atomic E-state index is 12.3. The van der Waals surface area contributed by atoms with E-state index in [1.165, 1.54) is 0 Å². The third kappa shape index (κ3) is 4.35. The van der Waals surface area contributed by atoms with Crippen molar-refractivity contribution >= 4 is 18.2 Å². The molecule has 1 heterocycles. The number of allylic oxidation sites excluding steroid dienone is 3. The van der Waals surface area contributed by atoms with E-state index in [9.17, 15) is 14.4 Å². The molecule has 2 aliphatic rings. The number of carbonyl (C=O) groups excluding carboxylic acids is 3. The molecule has 1 aliphatic heterocycles. The summed E-state index contributed by atoms with van der Waals surface area (Å²) in [5, 5.41) is 0. The molecule has 5 heteroatoms. The molecular formula is C20H24O5. The maximum Gasteiger partial charge on any atom is 0.334 e. The van der Waals surface area contributed by atoms with Gasteiger partial charge in [0.1, 0.15) is 18.5 Å². The van der Waals surface area contributed by atoms with E-state index in [4.69, 9.17) is 9.47 Å². The summed E-state index contributed by atoms with van der Waals surface area (Å²) in [7, 11) is 0. The van der Waals surface area contributed by atoms with Crippen LogP contribution in [0.25, 0.3) is 0 Å². The first-order valence-electron chi connectivity index (χ1n) is 8.42. The average molecular weight is 344 g/mol. The highest BCUT2D eigenvalue weighted by Crippen LogP contribution is 2.36. The molecule has 0 amide bonds. The Morgan fingerprint density at radius 3 is 2.80 bits per heavy atom. The second kappa shape index (κ2) is 8.10. The van der Waals surface area contributed by atoms with Crippen LogP contribution in [-0.2, 0) is 23.9 Å². The quantitative estimate of drug-likeness (QED) is 0.340. The molecule has 0 saturated carbocycles. The van der Waals surface area contributed by atoms with Crippen molar-refractivity contribution in [1.29, 1.82) is 0 Å². The number of esters is 2. The van der Waals surface area contributed by atoms with Crippen LogP contribution in [0, 0.1) is 5.92 Å². The first-order valence-corrected chi connectivity index (χ1v) is 8.42. The van der Waals surface area contributed by atoms with Crippen LogP contribution >= 0.6 is 0 Å². The van der Waals surface area contributed by atoms with Gasteiger partial charge in [0.2, 0.25) is 0 Å². The summed E-state index contributed by atoms with van der Waals surface area (Å²) in [6.07, 6.45) is 6.67. The number of ether oxygens (including phenoxy) is 2. The second-order valence-electron chi connectivity index (χ2n) is 6.49. The zero-order valence-corrected chi connectivity index (χ0v) is 14.9. The number of aldehydes is 1. The van der Waals surface area contributed by atoms with Crippen molar-refractivity contribution in [2.75, 3.05) is 0 Å². The molecule has 0 spiro atoms. The number of hydrogen-bond acceptors (Lipinski definition) is 5. The first kappa shape index (κ1) is 18.9. The molecule has 25 heavy (non-hydrogen) atoms. The molecule has 0 radical (unpaired) electrons. The average Bonchev–Trinajstić information content (AvgIpc) is 2.85. The fourth-order valence-electron chi connectivity index (χ4n) is 3.03. The molecule has 1 fully saturated rings. The van der Waals surface area contributed by atoms with Crippen molar-refractivity contribution in [3.8, 4) is 0 Å². The highest BCUT2D eigenvalue weighted by Gasteiger charge is 2.44. The van der Waals surface area contributed by atoms with Gasteiger partial charge in [-0.2, -0.15) is 0 Å². The van der Waals surface area contributed by atoms with Crippen LogP contribution in [0.4, 0.5) is 0 Å². The van der Waals surface area contributed by atoms with Gasteiger partial charge in [0.25, 0.3) is 0 Å². The highest BCUT2D eigenvalue weighted by molar-refractivity contribution is 5.92. The summed E-state index contributed by atoms with van der Waals surface area (Å²) in [6, 6.07) is 0. The summed E-state index contributed by atoms with van der Waals surface area (Å²) in [4.78, 5) is 35.7. The Labute approximate surface area is 148 Å². The zero-order valence-electron chi connectivity index (χ0n) is 14.9. The van der Waals surface area contributed by atoms with E-state index in [0.717, 1.165) is 18.3 Å². The number of hydrogen-bond donors (Lipinski definition) is 0. The Balaban J connectivity index is 2.42. The largest absolute Gasteiger partial charge is 0.458 e. The van der Waals surface area contributed by atoms with Gasteiger partial charge in [0, 0.05) is 17.6 Å². The first-order chi connectivity index (χ1) is 11.9. The molecule has 0 bridgehead atoms. The van der Waals surface area contributed by atoms with Gasteiger partial charge in [0.15, 0.2) is 0 Å². The molecular weight excluding hydrogens is 320 g/mol. The van der Waals surface area contributed by atoms with Crippen molar-refractivity contribution in [1.82, 2.24) is 0 Å². The Morgan fingerprint density at radius 1 is 1.44 bits per heavy atom. The Hall–Kier alpha value is -2.43. The van der Waals surface area contributed by atoms with E-state index in [0.29, 0.717) is 17.6 Å². The standard InChI is InChI=1S/C20H24O5/c1-5-13(3)19(22)24-17-10-15(11-21)8-6-7-12(2)9-16-18(17)14(4)20(23)25-16/h5,8-9,11,16-18H,4,6-7,10H2,1-3H3/b12-9?,13-5-,15-8?/t16-,17-,18+/m1/s1. The topological polar surface area (TPSA) is 69.7 Å². The number of carbonyl (C=O) groups is 3. The van der Waals surface area contributed by atoms with E-state index in [1.807, 2.05) is 19.1 Å². The lowest BCUT2D eigenvalue weighted by molar-refractivity contribution is -0.147. The fourth-order valence-corrected chi connectivity index (χ4v) is 3.03. The smallest absolute Gasteiger partial charge is 0.334 e. The van der Waals surface area contributed by atoms with Crippen LogP contribution < -0.4 is 0 Å². The Kier molecular flexibility index (Phi) is 6.12. The van der Waals surface area contributed by atoms with Gasteiger partial charge < -0.3 is 9.47 Å². The van der Waals surface area contributed by atoms with E-state index in [1.54, 1.807) is 19.9 Å². The predicted octanol–water partition coefficient (Wildman–Crippen LogP) is 3.22. The summed E-state index contributed by atoms with van der Waals surface area (Å²) < 4.78 is 11.1. The maximum absolute atomic E-state index is 12.3. The van der Waals surface area contributed by atoms with E-state index >= 15 is 0 Å². The van der Waals surface area contributed by atoms with E-state index in [2.05, 4.69) is 6.58 Å². The minimum Gasteiger partial charge on any atom is -0.458 e. The lowest BCUT2D eigenvalue weighted by Crippen LogP contribution is -2.34. The SMILES string of the molecule is C=C1C(=O)O[C@@H]2C=C(C)CCC=C(C=O)C[C@@H](OC(=O)/C(C)=C\C)[C@@H]12. The Morgan fingerprint density at radius 2 is 2.16 bits per heavy atom. The van der Waals surface area contributed by atoms with E-state index in [-0.39, 0.29) is 12.0 Å². The summed E-state index contributed by atoms with van der Waals surface area (Å²) in [6.45, 7) is 9.18. The van der Waals surface area contributed by atoms with Crippen molar-refractivity contribution in [3.05, 3.63) is 47.1 Å². The minimum atomic E-state index is -0.690. The molecule has 134 valence electrons. The molecule has 0 aromatic rings. The van der Waals surface area contributed by atoms with Crippen molar-refractivity contribution in [2.24, 2.45) is 5.92 Å². The molecule has 0 aromatic carbocycles. The van der Waals surface area contributed by atoms with Crippen LogP contribution in [0.5, 0.6) is 0 Å². The van der Waals surface area contributed by atoms with Crippen molar-refractivity contribution < 1.29 is 23.9 Å². The van der Waals surface area contributed by atoms with Crippen LogP contribution in [0.15, 0.2) is 47.1 Å². The van der Waals surface area contributed by atoms with Gasteiger partial charge in [-0.05, 0) is 45.3 Å². The van der Waals surface area contributed by atoms with Crippen molar-refractivity contribution in [3.63, 3.8) is 0 Å². The predicted molar refractivity (Wildman–Crippen MR) is 93.6 cm³/mol. The molecule has 2 rings (SSSR count). The fraction of sp³-hybridized carbons (Fsp3) is 0.450. The van der Waals surface area contributed by atoms with Crippen LogP contribution in [-0.4, -0.2) is 30.4 Å². The number of fused-ring (bicyclic) bond motifs is 1. The molecule has 5 nitrogen and oxygen atoms in total. The molecule has 1 saturated heterocycles. The molecule has 0 aromatic heterocycles. The van der Waals surface area contributed by atoms with Crippen LogP contribution in [0.1, 0.15) is 40.0 Å². The summed E-state index contributed by atoms with van der Waals surface area (Å²) in [5.74, 6) is -1.46. The Bertz CT molecular complexity index is 680. The van der Waals surface area contributed by atoms with Crippen molar-refractivity contribution in [2.45, 2.75) is 52.2 Å². The van der Waals surface area contributed by atoms with Gasteiger partial charge in [-0.1, -0.05) is 24.3 Å². The summed E-state index contributed by atoms with van der Waals surface area (Å²) >= 11 is 0. The lowest BCUT2D eigenvalue weighted by Gasteiger charge is -2.27. The summed E-state index contributed by atoms with van der Waals surface area (Å²) in [5.41, 5.74) is 2.34. The highest BCUT2D eigenvalue weighted by atomic mass is 16.6. The van der Waals surface area contributed by atoms with E-state index < -0.39 is 30.1 Å². The normalized spacial score (nSPS) is 27.6. The van der Waals surface area contributed by atoms with Gasteiger partial charge in [-0.25, -0.2) is 9.59 Å². The van der Waals surface area contributed by atoms with Gasteiger partial charge in [0.05, 0.1) is 5.92 Å². The molecule has 3 atom stereocenters. The monoisotopic (exact) mass is 344 g/mol. The van der Waals surface area contributed by atoms with Crippen LogP contribution in [0.2, 0.25) is 0 Å². The van der Waals surface area contributed by atoms with Gasteiger partial charge in [-0.15, -0.1) is 0 Å². The minimum absolute atomic E-state index is 0.232.